The molecule has 0 unspecified atom stereocenters. The zero-order valence-electron chi connectivity index (χ0n) is 14.9. The van der Waals surface area contributed by atoms with Crippen molar-refractivity contribution in [3.05, 3.63) is 64.7 Å². The van der Waals surface area contributed by atoms with Crippen molar-refractivity contribution in [2.45, 2.75) is 25.9 Å². The van der Waals surface area contributed by atoms with Crippen molar-refractivity contribution < 1.29 is 4.74 Å². The number of benzene rings is 2. The number of halogens is 1. The first-order valence-corrected chi connectivity index (χ1v) is 9.42. The Morgan fingerprint density at radius 1 is 1.08 bits per heavy atom. The fraction of sp³-hybridized carbons (Fsp3) is 0.429. The Labute approximate surface area is 155 Å². The van der Waals surface area contributed by atoms with Gasteiger partial charge in [-0.3, -0.25) is 4.90 Å². The first kappa shape index (κ1) is 18.2. The van der Waals surface area contributed by atoms with Crippen molar-refractivity contribution in [3.63, 3.8) is 0 Å². The SMILES string of the molecule is COc1ccc(CNCC2CCN(Cc3ccccc3Cl)CC2)cc1. The molecule has 2 aromatic carbocycles. The molecule has 0 aliphatic carbocycles. The first-order chi connectivity index (χ1) is 12.2. The Hall–Kier alpha value is -1.55. The molecule has 25 heavy (non-hydrogen) atoms. The second-order valence-electron chi connectivity index (χ2n) is 6.79. The van der Waals surface area contributed by atoms with Crippen molar-refractivity contribution in [1.29, 1.82) is 0 Å². The third-order valence-electron chi connectivity index (χ3n) is 4.98. The zero-order valence-corrected chi connectivity index (χ0v) is 15.6. The standard InChI is InChI=1S/C21H27ClN2O/c1-25-20-8-6-17(7-9-20)14-23-15-18-10-12-24(13-11-18)16-19-4-2-3-5-21(19)22/h2-9,18,23H,10-16H2,1H3. The fourth-order valence-electron chi connectivity index (χ4n) is 3.38. The van der Waals surface area contributed by atoms with E-state index in [1.807, 2.05) is 24.3 Å². The topological polar surface area (TPSA) is 24.5 Å². The van der Waals surface area contributed by atoms with Crippen LogP contribution in [0.5, 0.6) is 5.75 Å². The minimum Gasteiger partial charge on any atom is -0.497 e. The third-order valence-corrected chi connectivity index (χ3v) is 5.35. The Morgan fingerprint density at radius 2 is 1.80 bits per heavy atom. The zero-order chi connectivity index (χ0) is 17.5. The highest BCUT2D eigenvalue weighted by Gasteiger charge is 2.19. The van der Waals surface area contributed by atoms with E-state index < -0.39 is 0 Å². The molecule has 1 fully saturated rings. The van der Waals surface area contributed by atoms with Crippen LogP contribution in [0.15, 0.2) is 48.5 Å². The summed E-state index contributed by atoms with van der Waals surface area (Å²) >= 11 is 6.27. The van der Waals surface area contributed by atoms with Crippen LogP contribution in [-0.2, 0) is 13.1 Å². The number of likely N-dealkylation sites (tertiary alicyclic amines) is 1. The van der Waals surface area contributed by atoms with E-state index in [0.29, 0.717) is 0 Å². The molecule has 4 heteroatoms. The highest BCUT2D eigenvalue weighted by atomic mass is 35.5. The molecular weight excluding hydrogens is 332 g/mol. The molecular formula is C21H27ClN2O. The predicted octanol–water partition coefficient (Wildman–Crippen LogP) is 4.35. The average molecular weight is 359 g/mol. The molecule has 2 aromatic rings. The maximum absolute atomic E-state index is 6.27. The van der Waals surface area contributed by atoms with Crippen molar-refractivity contribution >= 4 is 11.6 Å². The highest BCUT2D eigenvalue weighted by molar-refractivity contribution is 6.31. The Kier molecular flexibility index (Phi) is 6.74. The van der Waals surface area contributed by atoms with Gasteiger partial charge in [0.25, 0.3) is 0 Å². The lowest BCUT2D eigenvalue weighted by Gasteiger charge is -2.32. The maximum Gasteiger partial charge on any atom is 0.118 e. The number of methoxy groups -OCH3 is 1. The van der Waals surface area contributed by atoms with Gasteiger partial charge in [-0.2, -0.15) is 0 Å². The minimum atomic E-state index is 0.765. The Bertz CT molecular complexity index is 651. The molecule has 1 aliphatic rings. The van der Waals surface area contributed by atoms with Gasteiger partial charge in [-0.1, -0.05) is 41.9 Å². The van der Waals surface area contributed by atoms with E-state index in [0.717, 1.165) is 49.4 Å². The normalized spacial score (nSPS) is 16.1. The molecule has 0 spiro atoms. The van der Waals surface area contributed by atoms with E-state index in [4.69, 9.17) is 16.3 Å². The molecule has 0 aromatic heterocycles. The van der Waals surface area contributed by atoms with E-state index in [1.54, 1.807) is 7.11 Å². The number of rotatable bonds is 7. The van der Waals surface area contributed by atoms with Gasteiger partial charge in [0.15, 0.2) is 0 Å². The smallest absolute Gasteiger partial charge is 0.118 e. The summed E-state index contributed by atoms with van der Waals surface area (Å²) in [6, 6.07) is 16.5. The molecule has 0 saturated carbocycles. The van der Waals surface area contributed by atoms with E-state index in [-0.39, 0.29) is 0 Å². The summed E-state index contributed by atoms with van der Waals surface area (Å²) in [6.45, 7) is 5.28. The second-order valence-corrected chi connectivity index (χ2v) is 7.20. The van der Waals surface area contributed by atoms with Crippen LogP contribution in [0.4, 0.5) is 0 Å². The van der Waals surface area contributed by atoms with Crippen LogP contribution in [0.1, 0.15) is 24.0 Å². The number of hydrogen-bond donors (Lipinski definition) is 1. The van der Waals surface area contributed by atoms with Crippen molar-refractivity contribution in [2.75, 3.05) is 26.7 Å². The third kappa shape index (κ3) is 5.46. The molecule has 0 bridgehead atoms. The van der Waals surface area contributed by atoms with Crippen LogP contribution in [0, 0.1) is 5.92 Å². The van der Waals surface area contributed by atoms with Crippen molar-refractivity contribution in [3.8, 4) is 5.75 Å². The number of nitrogens with one attached hydrogen (secondary N) is 1. The molecule has 0 amide bonds. The van der Waals surface area contributed by atoms with E-state index in [1.165, 1.54) is 24.0 Å². The van der Waals surface area contributed by atoms with E-state index in [9.17, 15) is 0 Å². The fourth-order valence-corrected chi connectivity index (χ4v) is 3.58. The number of nitrogens with zero attached hydrogens (tertiary/aromatic N) is 1. The Balaban J connectivity index is 1.37. The number of hydrogen-bond acceptors (Lipinski definition) is 3. The lowest BCUT2D eigenvalue weighted by molar-refractivity contribution is 0.175. The van der Waals surface area contributed by atoms with Gasteiger partial charge in [-0.25, -0.2) is 0 Å². The van der Waals surface area contributed by atoms with Crippen molar-refractivity contribution in [2.24, 2.45) is 5.92 Å². The highest BCUT2D eigenvalue weighted by Crippen LogP contribution is 2.22. The van der Waals surface area contributed by atoms with Crippen LogP contribution >= 0.6 is 11.6 Å². The molecule has 3 rings (SSSR count). The Morgan fingerprint density at radius 3 is 2.48 bits per heavy atom. The summed E-state index contributed by atoms with van der Waals surface area (Å²) in [5.74, 6) is 1.68. The van der Waals surface area contributed by atoms with E-state index in [2.05, 4.69) is 34.5 Å². The molecule has 1 heterocycles. The van der Waals surface area contributed by atoms with Gasteiger partial charge in [0.2, 0.25) is 0 Å². The number of ether oxygens (including phenoxy) is 1. The average Bonchev–Trinajstić information content (AvgIpc) is 2.65. The molecule has 134 valence electrons. The first-order valence-electron chi connectivity index (χ1n) is 9.04. The molecule has 0 radical (unpaired) electrons. The van der Waals surface area contributed by atoms with Crippen LogP contribution in [0.2, 0.25) is 5.02 Å². The van der Waals surface area contributed by atoms with Crippen molar-refractivity contribution in [1.82, 2.24) is 10.2 Å². The predicted molar refractivity (Wildman–Crippen MR) is 104 cm³/mol. The quantitative estimate of drug-likeness (QED) is 0.796. The summed E-state index contributed by atoms with van der Waals surface area (Å²) in [5, 5.41) is 4.48. The summed E-state index contributed by atoms with van der Waals surface area (Å²) in [4.78, 5) is 2.52. The summed E-state index contributed by atoms with van der Waals surface area (Å²) in [7, 11) is 1.70. The van der Waals surface area contributed by atoms with Gasteiger partial charge < -0.3 is 10.1 Å². The van der Waals surface area contributed by atoms with Crippen LogP contribution in [-0.4, -0.2) is 31.6 Å². The van der Waals surface area contributed by atoms with Gasteiger partial charge in [0.05, 0.1) is 7.11 Å². The monoisotopic (exact) mass is 358 g/mol. The lowest BCUT2D eigenvalue weighted by atomic mass is 9.96. The summed E-state index contributed by atoms with van der Waals surface area (Å²) in [5.41, 5.74) is 2.54. The van der Waals surface area contributed by atoms with Gasteiger partial charge in [0, 0.05) is 18.1 Å². The number of piperidine rings is 1. The van der Waals surface area contributed by atoms with Gasteiger partial charge in [-0.05, 0) is 67.7 Å². The summed E-state index contributed by atoms with van der Waals surface area (Å²) in [6.07, 6.45) is 2.50. The summed E-state index contributed by atoms with van der Waals surface area (Å²) < 4.78 is 5.20. The molecule has 1 saturated heterocycles. The van der Waals surface area contributed by atoms with Crippen LogP contribution < -0.4 is 10.1 Å². The minimum absolute atomic E-state index is 0.765. The van der Waals surface area contributed by atoms with E-state index >= 15 is 0 Å². The largest absolute Gasteiger partial charge is 0.497 e. The molecule has 1 aliphatic heterocycles. The van der Waals surface area contributed by atoms with Crippen LogP contribution in [0.3, 0.4) is 0 Å². The lowest BCUT2D eigenvalue weighted by Crippen LogP contribution is -2.36. The second kappa shape index (κ2) is 9.23. The maximum atomic E-state index is 6.27. The van der Waals surface area contributed by atoms with Gasteiger partial charge in [-0.15, -0.1) is 0 Å². The molecule has 1 N–H and O–H groups in total. The van der Waals surface area contributed by atoms with Crippen LogP contribution in [0.25, 0.3) is 0 Å². The molecule has 0 atom stereocenters. The van der Waals surface area contributed by atoms with Gasteiger partial charge >= 0.3 is 0 Å². The molecule has 3 nitrogen and oxygen atoms in total. The van der Waals surface area contributed by atoms with Gasteiger partial charge in [0.1, 0.15) is 5.75 Å².